The molecule has 1 saturated carbocycles. The zero-order chi connectivity index (χ0) is 36.7. The van der Waals surface area contributed by atoms with Crippen LogP contribution in [0.15, 0.2) is 0 Å². The fourth-order valence-electron chi connectivity index (χ4n) is 6.34. The van der Waals surface area contributed by atoms with Gasteiger partial charge in [0.25, 0.3) is 0 Å². The normalized spacial score (nSPS) is 30.4. The summed E-state index contributed by atoms with van der Waals surface area (Å²) in [5, 5.41) is 69.5. The molecule has 0 bridgehead atoms. The number of nitrogens with two attached hydrogens (primary N) is 1. The van der Waals surface area contributed by atoms with Gasteiger partial charge < -0.3 is 65.3 Å². The Balaban J connectivity index is 2.11. The molecular formula is C29H52N4O16. The van der Waals surface area contributed by atoms with Crippen LogP contribution in [-0.2, 0) is 43.0 Å². The molecule has 1 heterocycles. The molecule has 2 fully saturated rings. The van der Waals surface area contributed by atoms with Crippen molar-refractivity contribution in [1.29, 1.82) is 0 Å². The number of carbonyl (C=O) groups excluding carboxylic acids is 1. The summed E-state index contributed by atoms with van der Waals surface area (Å²) >= 11 is 0. The number of aliphatic carboxylic acids is 3. The Hall–Kier alpha value is -2.60. The molecule has 0 aromatic rings. The van der Waals surface area contributed by atoms with Crippen molar-refractivity contribution in [1.82, 2.24) is 15.3 Å². The molecule has 2 rings (SSSR count). The molecule has 20 nitrogen and oxygen atoms in total. The molecule has 20 heteroatoms. The number of hydrogen-bond acceptors (Lipinski definition) is 17. The van der Waals surface area contributed by atoms with Gasteiger partial charge >= 0.3 is 23.9 Å². The highest BCUT2D eigenvalue weighted by Gasteiger charge is 2.47. The number of carbonyl (C=O) groups is 4. The van der Waals surface area contributed by atoms with Gasteiger partial charge in [-0.25, -0.2) is 4.79 Å². The third-order valence-corrected chi connectivity index (χ3v) is 8.84. The SMILES string of the molecule is COCC1CC(CO)C(COCC2OC(CO)C(COC)C(O)C2NOC(=O)CN(CCN(CC(=O)O)CC(=O)O)CC(=O)O)C(O)C1N. The number of carboxylic acid groups (broad SMARTS) is 3. The van der Waals surface area contributed by atoms with Gasteiger partial charge in [0.05, 0.1) is 83.6 Å². The summed E-state index contributed by atoms with van der Waals surface area (Å²) in [6.07, 6.45) is -3.74. The molecule has 1 saturated heterocycles. The van der Waals surface area contributed by atoms with Gasteiger partial charge in [-0.05, 0) is 12.3 Å². The number of aliphatic hydroxyl groups excluding tert-OH is 4. The molecule has 0 aromatic carbocycles. The monoisotopic (exact) mass is 712 g/mol. The van der Waals surface area contributed by atoms with E-state index in [9.17, 15) is 44.7 Å². The third kappa shape index (κ3) is 13.6. The highest BCUT2D eigenvalue weighted by Crippen LogP contribution is 2.34. The van der Waals surface area contributed by atoms with E-state index in [-0.39, 0.29) is 51.4 Å². The summed E-state index contributed by atoms with van der Waals surface area (Å²) in [6, 6.07) is -1.76. The molecule has 49 heavy (non-hydrogen) atoms. The highest BCUT2D eigenvalue weighted by molar-refractivity contribution is 5.74. The molecule has 1 aliphatic carbocycles. The van der Waals surface area contributed by atoms with E-state index in [4.69, 9.17) is 39.7 Å². The van der Waals surface area contributed by atoms with Crippen molar-refractivity contribution < 1.29 is 78.7 Å². The molecule has 10 unspecified atom stereocenters. The van der Waals surface area contributed by atoms with E-state index < -0.39 is 105 Å². The lowest BCUT2D eigenvalue weighted by molar-refractivity contribution is -0.214. The lowest BCUT2D eigenvalue weighted by atomic mass is 9.70. The molecule has 2 aliphatic rings. The molecule has 1 aliphatic heterocycles. The minimum atomic E-state index is -1.31. The van der Waals surface area contributed by atoms with Crippen molar-refractivity contribution >= 4 is 23.9 Å². The average Bonchev–Trinajstić information content (AvgIpc) is 3.03. The van der Waals surface area contributed by atoms with Gasteiger partial charge in [-0.3, -0.25) is 24.2 Å². The minimum absolute atomic E-state index is 0.0331. The minimum Gasteiger partial charge on any atom is -0.480 e. The molecule has 0 spiro atoms. The zero-order valence-corrected chi connectivity index (χ0v) is 27.7. The number of ether oxygens (including phenoxy) is 4. The van der Waals surface area contributed by atoms with Crippen molar-refractivity contribution in [2.24, 2.45) is 29.4 Å². The maximum atomic E-state index is 12.8. The van der Waals surface area contributed by atoms with Crippen molar-refractivity contribution in [2.75, 3.05) is 93.1 Å². The lowest BCUT2D eigenvalue weighted by Crippen LogP contribution is -2.63. The van der Waals surface area contributed by atoms with Gasteiger partial charge in [-0.15, -0.1) is 5.48 Å². The fraction of sp³-hybridized carbons (Fsp3) is 0.862. The van der Waals surface area contributed by atoms with E-state index >= 15 is 0 Å². The number of carboxylic acids is 3. The van der Waals surface area contributed by atoms with Crippen molar-refractivity contribution in [3.05, 3.63) is 0 Å². The number of aliphatic hydroxyl groups is 4. The van der Waals surface area contributed by atoms with Crippen molar-refractivity contribution in [3.63, 3.8) is 0 Å². The van der Waals surface area contributed by atoms with E-state index in [1.807, 2.05) is 0 Å². The van der Waals surface area contributed by atoms with E-state index in [2.05, 4.69) is 5.48 Å². The standard InChI is InChI=1S/C29H52N4O16/c1-45-12-17-5-16(10-34)18(28(43)26(17)30)14-47-15-21-27(29(44)19(13-46-2)20(11-35)48-21)31-49-25(42)9-33(8-24(40)41)4-3-32(6-22(36)37)7-23(38)39/h16-21,26-29,31,34-35,43-44H,3-15,30H2,1-2H3,(H,36,37)(H,38,39)(H,40,41). The van der Waals surface area contributed by atoms with Crippen LogP contribution in [0.3, 0.4) is 0 Å². The Bertz CT molecular complexity index is 1020. The van der Waals surface area contributed by atoms with Crippen LogP contribution < -0.4 is 11.2 Å². The largest absolute Gasteiger partial charge is 0.480 e. The second-order valence-corrected chi connectivity index (χ2v) is 12.4. The van der Waals surface area contributed by atoms with Crippen molar-refractivity contribution in [3.8, 4) is 0 Å². The Morgan fingerprint density at radius 3 is 1.84 bits per heavy atom. The Morgan fingerprint density at radius 2 is 1.33 bits per heavy atom. The van der Waals surface area contributed by atoms with Crippen LogP contribution >= 0.6 is 0 Å². The molecule has 0 aromatic heterocycles. The number of hydrogen-bond donors (Lipinski definition) is 9. The van der Waals surface area contributed by atoms with Gasteiger partial charge in [-0.1, -0.05) is 0 Å². The first kappa shape index (κ1) is 42.6. The van der Waals surface area contributed by atoms with Crippen LogP contribution in [0.2, 0.25) is 0 Å². The van der Waals surface area contributed by atoms with Crippen LogP contribution in [-0.4, -0.2) is 199 Å². The van der Waals surface area contributed by atoms with Crippen LogP contribution in [0.5, 0.6) is 0 Å². The second kappa shape index (κ2) is 21.6. The lowest BCUT2D eigenvalue weighted by Gasteiger charge is -2.45. The molecule has 10 atom stereocenters. The first-order valence-corrected chi connectivity index (χ1v) is 15.9. The number of nitrogens with zero attached hydrogens (tertiary/aromatic N) is 2. The first-order chi connectivity index (χ1) is 23.3. The van der Waals surface area contributed by atoms with Gasteiger partial charge in [0.15, 0.2) is 0 Å². The smallest absolute Gasteiger partial charge is 0.338 e. The summed E-state index contributed by atoms with van der Waals surface area (Å²) < 4.78 is 22.3. The van der Waals surface area contributed by atoms with Gasteiger partial charge in [0.2, 0.25) is 0 Å². The summed E-state index contributed by atoms with van der Waals surface area (Å²) in [5.74, 6) is -6.70. The van der Waals surface area contributed by atoms with Gasteiger partial charge in [0, 0.05) is 57.7 Å². The molecular weight excluding hydrogens is 660 g/mol. The van der Waals surface area contributed by atoms with E-state index in [1.165, 1.54) is 14.2 Å². The quantitative estimate of drug-likeness (QED) is 0.0449. The summed E-state index contributed by atoms with van der Waals surface area (Å²) in [7, 11) is 2.91. The molecule has 0 radical (unpaired) electrons. The van der Waals surface area contributed by atoms with Crippen LogP contribution in [0, 0.1) is 23.7 Å². The maximum absolute atomic E-state index is 12.8. The van der Waals surface area contributed by atoms with Crippen LogP contribution in [0.25, 0.3) is 0 Å². The van der Waals surface area contributed by atoms with Gasteiger partial charge in [0.1, 0.15) is 6.10 Å². The summed E-state index contributed by atoms with van der Waals surface area (Å²) in [4.78, 5) is 53.8. The number of nitrogens with one attached hydrogen (secondary N) is 1. The highest BCUT2D eigenvalue weighted by atomic mass is 16.7. The summed E-state index contributed by atoms with van der Waals surface area (Å²) in [6.45, 7) is -3.57. The van der Waals surface area contributed by atoms with E-state index in [0.29, 0.717) is 13.0 Å². The maximum Gasteiger partial charge on any atom is 0.338 e. The predicted octanol–water partition coefficient (Wildman–Crippen LogP) is -4.76. The van der Waals surface area contributed by atoms with Crippen LogP contribution in [0.4, 0.5) is 0 Å². The number of hydroxylamine groups is 1. The van der Waals surface area contributed by atoms with Gasteiger partial charge in [-0.2, -0.15) is 0 Å². The van der Waals surface area contributed by atoms with Crippen LogP contribution in [0.1, 0.15) is 6.42 Å². The topological polar surface area (TPSA) is 301 Å². The zero-order valence-electron chi connectivity index (χ0n) is 27.7. The summed E-state index contributed by atoms with van der Waals surface area (Å²) in [5.41, 5.74) is 8.71. The Morgan fingerprint density at radius 1 is 0.755 bits per heavy atom. The number of methoxy groups -OCH3 is 2. The Kier molecular flexibility index (Phi) is 18.7. The Labute approximate surface area is 283 Å². The molecule has 284 valence electrons. The van der Waals surface area contributed by atoms with E-state index in [1.54, 1.807) is 0 Å². The predicted molar refractivity (Wildman–Crippen MR) is 165 cm³/mol. The molecule has 10 N–H and O–H groups in total. The first-order valence-electron chi connectivity index (χ1n) is 15.9. The fourth-order valence-corrected chi connectivity index (χ4v) is 6.34. The second-order valence-electron chi connectivity index (χ2n) is 12.4. The third-order valence-electron chi connectivity index (χ3n) is 8.84. The van der Waals surface area contributed by atoms with E-state index in [0.717, 1.165) is 9.80 Å². The molecule has 0 amide bonds. The average molecular weight is 713 g/mol. The van der Waals surface area contributed by atoms with Crippen molar-refractivity contribution in [2.45, 2.75) is 42.9 Å². The number of rotatable bonds is 23.